The number of carbonyl (C=O) groups excluding carboxylic acids is 1. The number of thioether (sulfide) groups is 1. The maximum Gasteiger partial charge on any atom is 0.236 e. The zero-order chi connectivity index (χ0) is 14.9. The lowest BCUT2D eigenvalue weighted by atomic mass is 10.3. The van der Waals surface area contributed by atoms with Crippen LogP contribution >= 0.6 is 23.1 Å². The number of thiophene rings is 1. The summed E-state index contributed by atoms with van der Waals surface area (Å²) in [5.41, 5.74) is 0. The van der Waals surface area contributed by atoms with Gasteiger partial charge in [-0.3, -0.25) is 4.79 Å². The van der Waals surface area contributed by atoms with Gasteiger partial charge in [0.15, 0.2) is 5.16 Å². The van der Waals surface area contributed by atoms with Crippen molar-refractivity contribution in [2.24, 2.45) is 0 Å². The Morgan fingerprint density at radius 2 is 2.27 bits per heavy atom. The van der Waals surface area contributed by atoms with E-state index in [1.165, 1.54) is 17.7 Å². The van der Waals surface area contributed by atoms with Crippen LogP contribution < -0.4 is 0 Å². The van der Waals surface area contributed by atoms with Crippen LogP contribution in [0.1, 0.15) is 24.1 Å². The summed E-state index contributed by atoms with van der Waals surface area (Å²) in [5.74, 6) is 0.292. The lowest BCUT2D eigenvalue weighted by Gasteiger charge is -2.15. The summed E-state index contributed by atoms with van der Waals surface area (Å²) in [4.78, 5) is 15.8. The largest absolute Gasteiger partial charge is 0.339 e. The summed E-state index contributed by atoms with van der Waals surface area (Å²) < 4.78 is 2.07. The number of aryl methyl sites for hydroxylation is 2. The van der Waals surface area contributed by atoms with Gasteiger partial charge >= 0.3 is 0 Å². The summed E-state index contributed by atoms with van der Waals surface area (Å²) in [6.45, 7) is 1.77. The van der Waals surface area contributed by atoms with E-state index in [-0.39, 0.29) is 5.25 Å². The first-order valence-electron chi connectivity index (χ1n) is 7.68. The minimum absolute atomic E-state index is 0.0188. The Labute approximate surface area is 137 Å². The average molecular weight is 334 g/mol. The normalized spacial score (nSPS) is 21.7. The highest BCUT2D eigenvalue weighted by atomic mass is 32.2. The highest BCUT2D eigenvalue weighted by Gasteiger charge is 2.41. The van der Waals surface area contributed by atoms with Gasteiger partial charge in [0.05, 0.1) is 5.25 Å². The van der Waals surface area contributed by atoms with Gasteiger partial charge in [0.25, 0.3) is 0 Å². The van der Waals surface area contributed by atoms with E-state index in [0.717, 1.165) is 31.1 Å². The Morgan fingerprint density at radius 1 is 1.36 bits per heavy atom. The minimum Gasteiger partial charge on any atom is -0.339 e. The van der Waals surface area contributed by atoms with Crippen molar-refractivity contribution in [2.75, 3.05) is 6.54 Å². The van der Waals surface area contributed by atoms with Crippen molar-refractivity contribution < 1.29 is 4.79 Å². The second-order valence-corrected chi connectivity index (χ2v) is 8.00. The van der Waals surface area contributed by atoms with E-state index in [2.05, 4.69) is 37.2 Å². The van der Waals surface area contributed by atoms with Crippen LogP contribution in [0.5, 0.6) is 0 Å². The van der Waals surface area contributed by atoms with Crippen LogP contribution in [0.4, 0.5) is 0 Å². The van der Waals surface area contributed by atoms with E-state index >= 15 is 0 Å². The molecule has 7 heteroatoms. The lowest BCUT2D eigenvalue weighted by Crippen LogP contribution is -2.30. The number of aromatic nitrogens is 3. The molecule has 1 aliphatic carbocycles. The molecule has 0 aromatic carbocycles. The first-order chi connectivity index (χ1) is 10.8. The smallest absolute Gasteiger partial charge is 0.236 e. The molecule has 22 heavy (non-hydrogen) atoms. The maximum atomic E-state index is 12.4. The number of nitrogens with zero attached hydrogens (tertiary/aromatic N) is 4. The molecule has 2 aromatic heterocycles. The summed E-state index contributed by atoms with van der Waals surface area (Å²) in [5, 5.41) is 11.2. The van der Waals surface area contributed by atoms with E-state index in [1.807, 2.05) is 0 Å². The first-order valence-corrected chi connectivity index (χ1v) is 9.44. The third-order valence-electron chi connectivity index (χ3n) is 4.19. The van der Waals surface area contributed by atoms with Gasteiger partial charge in [-0.2, -0.15) is 0 Å². The fourth-order valence-corrected chi connectivity index (χ4v) is 4.62. The van der Waals surface area contributed by atoms with Crippen molar-refractivity contribution >= 4 is 29.0 Å². The molecular formula is C15H18N4OS2. The lowest BCUT2D eigenvalue weighted by molar-refractivity contribution is -0.127. The second-order valence-electron chi connectivity index (χ2n) is 5.79. The number of hydrogen-bond donors (Lipinski definition) is 0. The average Bonchev–Trinajstić information content (AvgIpc) is 2.92. The predicted octanol–water partition coefficient (Wildman–Crippen LogP) is 2.44. The van der Waals surface area contributed by atoms with E-state index in [0.29, 0.717) is 11.9 Å². The Hall–Kier alpha value is -1.34. The molecule has 2 aromatic rings. The van der Waals surface area contributed by atoms with Crippen molar-refractivity contribution in [2.45, 2.75) is 48.7 Å². The molecule has 5 nitrogen and oxygen atoms in total. The number of carbonyl (C=O) groups is 1. The fraction of sp³-hybridized carbons (Fsp3) is 0.533. The molecule has 116 valence electrons. The molecule has 1 saturated heterocycles. The van der Waals surface area contributed by atoms with Crippen LogP contribution in [-0.4, -0.2) is 43.4 Å². The Bertz CT molecular complexity index is 650. The third-order valence-corrected chi connectivity index (χ3v) is 6.37. The standard InChI is InChI=1S/C15H18N4OS2/c20-14-13(6-8-19(14)11-3-4-11)22-15-17-16-10-18(15)7-5-12-2-1-9-21-12/h1-2,9-11,13H,3-8H2/t13-/m1/s1. The van der Waals surface area contributed by atoms with Crippen molar-refractivity contribution in [1.82, 2.24) is 19.7 Å². The first kappa shape index (κ1) is 14.3. The van der Waals surface area contributed by atoms with E-state index in [1.54, 1.807) is 29.4 Å². The zero-order valence-corrected chi connectivity index (χ0v) is 13.9. The van der Waals surface area contributed by atoms with E-state index < -0.39 is 0 Å². The molecule has 1 saturated carbocycles. The number of amides is 1. The van der Waals surface area contributed by atoms with Crippen molar-refractivity contribution in [3.63, 3.8) is 0 Å². The van der Waals surface area contributed by atoms with Gasteiger partial charge in [-0.25, -0.2) is 0 Å². The van der Waals surface area contributed by atoms with Crippen LogP contribution in [-0.2, 0) is 17.8 Å². The number of likely N-dealkylation sites (tertiary alicyclic amines) is 1. The topological polar surface area (TPSA) is 51.0 Å². The molecular weight excluding hydrogens is 316 g/mol. The predicted molar refractivity (Wildman–Crippen MR) is 87.0 cm³/mol. The molecule has 1 aliphatic heterocycles. The minimum atomic E-state index is 0.0188. The SMILES string of the molecule is O=C1[C@H](Sc2nncn2CCc2cccs2)CCN1C1CC1. The fourth-order valence-electron chi connectivity index (χ4n) is 2.83. The maximum absolute atomic E-state index is 12.4. The Morgan fingerprint density at radius 3 is 3.05 bits per heavy atom. The van der Waals surface area contributed by atoms with Crippen molar-refractivity contribution in [3.8, 4) is 0 Å². The molecule has 1 amide bonds. The van der Waals surface area contributed by atoms with Gasteiger partial charge in [-0.05, 0) is 37.1 Å². The summed E-state index contributed by atoms with van der Waals surface area (Å²) in [7, 11) is 0. The van der Waals surface area contributed by atoms with Crippen LogP contribution in [0.2, 0.25) is 0 Å². The van der Waals surface area contributed by atoms with E-state index in [9.17, 15) is 4.79 Å². The van der Waals surface area contributed by atoms with Crippen LogP contribution in [0.3, 0.4) is 0 Å². The van der Waals surface area contributed by atoms with Gasteiger partial charge in [0.1, 0.15) is 6.33 Å². The molecule has 0 N–H and O–H groups in total. The summed E-state index contributed by atoms with van der Waals surface area (Å²) in [6.07, 6.45) is 6.04. The highest BCUT2D eigenvalue weighted by Crippen LogP contribution is 2.36. The molecule has 0 spiro atoms. The third kappa shape index (κ3) is 2.92. The van der Waals surface area contributed by atoms with Crippen LogP contribution in [0.15, 0.2) is 29.0 Å². The number of hydrogen-bond acceptors (Lipinski definition) is 5. The quantitative estimate of drug-likeness (QED) is 0.814. The highest BCUT2D eigenvalue weighted by molar-refractivity contribution is 8.00. The summed E-state index contributed by atoms with van der Waals surface area (Å²) >= 11 is 3.35. The van der Waals surface area contributed by atoms with Crippen molar-refractivity contribution in [1.29, 1.82) is 0 Å². The molecule has 0 radical (unpaired) electrons. The molecule has 4 rings (SSSR count). The zero-order valence-electron chi connectivity index (χ0n) is 12.2. The Balaban J connectivity index is 1.39. The number of rotatable bonds is 6. The molecule has 0 unspecified atom stereocenters. The van der Waals surface area contributed by atoms with Gasteiger partial charge < -0.3 is 9.47 Å². The molecule has 0 bridgehead atoms. The molecule has 1 atom stereocenters. The summed E-state index contributed by atoms with van der Waals surface area (Å²) in [6, 6.07) is 4.75. The molecule has 2 fully saturated rings. The van der Waals surface area contributed by atoms with Crippen molar-refractivity contribution in [3.05, 3.63) is 28.7 Å². The van der Waals surface area contributed by atoms with Gasteiger partial charge in [-0.1, -0.05) is 17.8 Å². The molecule has 2 aliphatic rings. The monoisotopic (exact) mass is 334 g/mol. The van der Waals surface area contributed by atoms with Crippen LogP contribution in [0, 0.1) is 0 Å². The van der Waals surface area contributed by atoms with E-state index in [4.69, 9.17) is 0 Å². The molecule has 3 heterocycles. The van der Waals surface area contributed by atoms with Crippen LogP contribution in [0.25, 0.3) is 0 Å². The van der Waals surface area contributed by atoms with Gasteiger partial charge in [0, 0.05) is 24.0 Å². The van der Waals surface area contributed by atoms with Gasteiger partial charge in [-0.15, -0.1) is 21.5 Å². The van der Waals surface area contributed by atoms with Gasteiger partial charge in [0.2, 0.25) is 5.91 Å². The Kier molecular flexibility index (Phi) is 3.92. The second kappa shape index (κ2) is 6.04.